The van der Waals surface area contributed by atoms with Gasteiger partial charge in [0, 0.05) is 69.5 Å². The smallest absolute Gasteiger partial charge is 0.409 e. The third kappa shape index (κ3) is 9.95. The summed E-state index contributed by atoms with van der Waals surface area (Å²) in [6.45, 7) is 17.5. The maximum atomic E-state index is 13.0. The van der Waals surface area contributed by atoms with Crippen molar-refractivity contribution >= 4 is 23.7 Å². The Hall–Kier alpha value is -3.83. The van der Waals surface area contributed by atoms with Gasteiger partial charge in [-0.1, -0.05) is 44.2 Å². The number of para-hydroxylation sites is 1. The normalized spacial score (nSPS) is 20.1. The fourth-order valence-corrected chi connectivity index (χ4v) is 8.28. The number of ether oxygens (including phenoxy) is 1. The number of anilines is 1. The van der Waals surface area contributed by atoms with Gasteiger partial charge in [-0.3, -0.25) is 9.69 Å². The van der Waals surface area contributed by atoms with Crippen molar-refractivity contribution in [2.24, 2.45) is 5.92 Å². The number of amides is 4. The highest BCUT2D eigenvalue weighted by Crippen LogP contribution is 2.27. The first-order chi connectivity index (χ1) is 24.6. The van der Waals surface area contributed by atoms with Crippen LogP contribution in [0.5, 0.6) is 5.75 Å². The molecule has 2 N–H and O–H groups in total. The second kappa shape index (κ2) is 18.1. The van der Waals surface area contributed by atoms with Gasteiger partial charge in [-0.2, -0.15) is 0 Å². The van der Waals surface area contributed by atoms with E-state index in [0.29, 0.717) is 31.4 Å². The van der Waals surface area contributed by atoms with Crippen LogP contribution in [0.2, 0.25) is 0 Å². The number of benzene rings is 2. The maximum absolute atomic E-state index is 13.0. The van der Waals surface area contributed by atoms with Crippen molar-refractivity contribution in [3.8, 4) is 5.75 Å². The Morgan fingerprint density at radius 3 is 2.14 bits per heavy atom. The van der Waals surface area contributed by atoms with Crippen LogP contribution in [0.25, 0.3) is 0 Å². The summed E-state index contributed by atoms with van der Waals surface area (Å²) in [5.41, 5.74) is 4.99. The molecule has 0 radical (unpaired) electrons. The number of fused-ring (bicyclic) bond motifs is 1. The Balaban J connectivity index is 0.000000205. The first-order valence-corrected chi connectivity index (χ1v) is 19.1. The summed E-state index contributed by atoms with van der Waals surface area (Å²) in [7, 11) is 1.40. The van der Waals surface area contributed by atoms with Crippen molar-refractivity contribution in [3.63, 3.8) is 0 Å². The van der Waals surface area contributed by atoms with Crippen LogP contribution >= 0.6 is 0 Å². The van der Waals surface area contributed by atoms with Crippen LogP contribution < -0.4 is 5.32 Å². The van der Waals surface area contributed by atoms with E-state index in [4.69, 9.17) is 4.74 Å². The Morgan fingerprint density at radius 1 is 0.882 bits per heavy atom. The molecule has 1 atom stereocenters. The largest absolute Gasteiger partial charge is 0.507 e. The maximum Gasteiger partial charge on any atom is 0.409 e. The number of phenolic OH excluding ortho intramolecular Hbond substituents is 1. The molecular formula is C40H60N6O5. The number of piperidine rings is 2. The molecule has 2 aromatic carbocycles. The lowest BCUT2D eigenvalue weighted by molar-refractivity contribution is -0.137. The van der Waals surface area contributed by atoms with E-state index in [9.17, 15) is 19.5 Å². The van der Waals surface area contributed by atoms with E-state index in [-0.39, 0.29) is 30.0 Å². The number of carbonyl (C=O) groups is 3. The molecule has 0 spiro atoms. The van der Waals surface area contributed by atoms with Crippen LogP contribution in [0.4, 0.5) is 15.3 Å². The van der Waals surface area contributed by atoms with Gasteiger partial charge in [0.2, 0.25) is 5.91 Å². The van der Waals surface area contributed by atoms with Crippen LogP contribution in [-0.4, -0.2) is 132 Å². The lowest BCUT2D eigenvalue weighted by Crippen LogP contribution is -2.55. The molecule has 4 aliphatic heterocycles. The molecule has 4 heterocycles. The summed E-state index contributed by atoms with van der Waals surface area (Å²) in [5.74, 6) is 0.609. The van der Waals surface area contributed by atoms with Gasteiger partial charge in [-0.25, -0.2) is 9.59 Å². The van der Waals surface area contributed by atoms with Crippen molar-refractivity contribution in [2.45, 2.75) is 84.7 Å². The van der Waals surface area contributed by atoms with Gasteiger partial charge in [0.1, 0.15) is 5.75 Å². The average molecular weight is 705 g/mol. The summed E-state index contributed by atoms with van der Waals surface area (Å²) in [6.07, 6.45) is 6.66. The van der Waals surface area contributed by atoms with Crippen molar-refractivity contribution in [1.29, 1.82) is 0 Å². The van der Waals surface area contributed by atoms with E-state index >= 15 is 0 Å². The lowest BCUT2D eigenvalue weighted by Gasteiger charge is -2.43. The number of hydrogen-bond acceptors (Lipinski definition) is 7. The van der Waals surface area contributed by atoms with Crippen LogP contribution in [0.15, 0.2) is 36.4 Å². The van der Waals surface area contributed by atoms with Crippen molar-refractivity contribution in [3.05, 3.63) is 58.7 Å². The predicted octanol–water partition coefficient (Wildman–Crippen LogP) is 5.51. The highest BCUT2D eigenvalue weighted by atomic mass is 16.5. The number of nitrogens with zero attached hydrogens (tertiary/aromatic N) is 5. The van der Waals surface area contributed by atoms with Crippen LogP contribution in [-0.2, 0) is 22.4 Å². The number of methoxy groups -OCH3 is 1. The molecule has 3 saturated heterocycles. The fourth-order valence-electron chi connectivity index (χ4n) is 8.28. The van der Waals surface area contributed by atoms with Crippen molar-refractivity contribution < 1.29 is 24.2 Å². The summed E-state index contributed by atoms with van der Waals surface area (Å²) < 4.78 is 4.75. The van der Waals surface area contributed by atoms with Gasteiger partial charge in [0.15, 0.2) is 0 Å². The number of piperazine rings is 1. The van der Waals surface area contributed by atoms with Crippen LogP contribution in [0.1, 0.15) is 68.2 Å². The Kier molecular flexibility index (Phi) is 13.6. The number of nitrogens with one attached hydrogen (secondary N) is 1. The molecule has 3 fully saturated rings. The quantitative estimate of drug-likeness (QED) is 0.391. The molecular weight excluding hydrogens is 644 g/mol. The summed E-state index contributed by atoms with van der Waals surface area (Å²) in [5, 5.41) is 13.0. The van der Waals surface area contributed by atoms with Crippen LogP contribution in [0.3, 0.4) is 0 Å². The Labute approximate surface area is 304 Å². The first kappa shape index (κ1) is 38.4. The molecule has 2 aromatic rings. The number of rotatable bonds is 7. The minimum absolute atomic E-state index is 0.0258. The molecule has 11 nitrogen and oxygen atoms in total. The number of aryl methyl sites for hydroxylation is 2. The molecule has 280 valence electrons. The van der Waals surface area contributed by atoms with E-state index in [1.807, 2.05) is 56.0 Å². The number of aromatic hydroxyl groups is 1. The van der Waals surface area contributed by atoms with Gasteiger partial charge < -0.3 is 34.8 Å². The predicted molar refractivity (Wildman–Crippen MR) is 201 cm³/mol. The molecule has 4 aliphatic rings. The van der Waals surface area contributed by atoms with Gasteiger partial charge >= 0.3 is 12.1 Å². The van der Waals surface area contributed by atoms with Crippen LogP contribution in [0, 0.1) is 19.8 Å². The number of phenols is 1. The summed E-state index contributed by atoms with van der Waals surface area (Å²) in [4.78, 5) is 47.8. The Morgan fingerprint density at radius 2 is 1.51 bits per heavy atom. The summed E-state index contributed by atoms with van der Waals surface area (Å²) >= 11 is 0. The van der Waals surface area contributed by atoms with E-state index in [1.165, 1.54) is 51.6 Å². The minimum Gasteiger partial charge on any atom is -0.507 e. The van der Waals surface area contributed by atoms with Gasteiger partial charge in [-0.15, -0.1) is 0 Å². The third-order valence-corrected chi connectivity index (χ3v) is 11.2. The second-order valence-corrected chi connectivity index (χ2v) is 14.8. The average Bonchev–Trinajstić information content (AvgIpc) is 3.32. The highest BCUT2D eigenvalue weighted by Gasteiger charge is 2.32. The number of likely N-dealkylation sites (tertiary alicyclic amines) is 2. The van der Waals surface area contributed by atoms with Gasteiger partial charge in [0.05, 0.1) is 7.11 Å². The monoisotopic (exact) mass is 704 g/mol. The van der Waals surface area contributed by atoms with Crippen molar-refractivity contribution in [1.82, 2.24) is 24.5 Å². The first-order valence-electron chi connectivity index (χ1n) is 19.1. The molecule has 0 aromatic heterocycles. The molecule has 0 aliphatic carbocycles. The number of carbonyl (C=O) groups excluding carboxylic acids is 3. The van der Waals surface area contributed by atoms with Crippen molar-refractivity contribution in [2.75, 3.05) is 77.9 Å². The Bertz CT molecular complexity index is 1450. The molecule has 4 amide bonds. The zero-order valence-corrected chi connectivity index (χ0v) is 31.5. The zero-order valence-electron chi connectivity index (χ0n) is 31.5. The summed E-state index contributed by atoms with van der Waals surface area (Å²) in [6, 6.07) is 12.8. The lowest BCUT2D eigenvalue weighted by atomic mass is 9.96. The fraction of sp³-hybridized carbons (Fsp3) is 0.625. The number of hydrogen-bond donors (Lipinski definition) is 2. The van der Waals surface area contributed by atoms with E-state index in [0.717, 1.165) is 74.2 Å². The van der Waals surface area contributed by atoms with E-state index in [1.54, 1.807) is 4.90 Å². The zero-order chi connectivity index (χ0) is 36.5. The van der Waals surface area contributed by atoms with Gasteiger partial charge in [-0.05, 0) is 107 Å². The second-order valence-electron chi connectivity index (χ2n) is 14.8. The molecule has 6 rings (SSSR count). The molecule has 51 heavy (non-hydrogen) atoms. The molecule has 0 saturated carbocycles. The topological polar surface area (TPSA) is 109 Å². The number of urea groups is 1. The van der Waals surface area contributed by atoms with E-state index in [2.05, 4.69) is 33.0 Å². The van der Waals surface area contributed by atoms with E-state index < -0.39 is 0 Å². The highest BCUT2D eigenvalue weighted by molar-refractivity contribution is 5.91. The molecule has 0 bridgehead atoms. The minimum atomic E-state index is -0.286. The standard InChI is InChI=1S/C24H39N3O2.C16H21N3O3/c1-5-8-25-9-6-22(7-10-25)26-11-13-27(14-12-26)24(29)20(4)17-21-15-18(2)23(28)19(3)16-21;1-22-16(21)18-9-7-13(8-10-18)19-11-6-12-4-2-3-5-14(12)17-15(19)20/h15-16,20,22,28H,5-14,17H2,1-4H3;2-5,13H,6-11H2,1H3,(H,17,20)/t20-;/m1./s1. The molecule has 11 heteroatoms. The SMILES string of the molecule is CCCN1CCC(N2CCN(C(=O)[C@H](C)Cc3cc(C)c(O)c(C)c3)CC2)CC1.COC(=O)N1CCC(N2CCc3ccccc3NC2=O)CC1. The van der Waals surface area contributed by atoms with Gasteiger partial charge in [0.25, 0.3) is 0 Å². The molecule has 0 unspecified atom stereocenters. The third-order valence-electron chi connectivity index (χ3n) is 11.2.